The molecule has 0 saturated carbocycles. The molecule has 0 radical (unpaired) electrons. The van der Waals surface area contributed by atoms with Gasteiger partial charge < -0.3 is 10.4 Å². The molecule has 0 bridgehead atoms. The average Bonchev–Trinajstić information content (AvgIpc) is 2.35. The first-order valence-corrected chi connectivity index (χ1v) is 5.99. The van der Waals surface area contributed by atoms with Crippen LogP contribution in [-0.4, -0.2) is 15.1 Å². The smallest absolute Gasteiger partial charge is 0.134 e. The highest BCUT2D eigenvalue weighted by Gasteiger charge is 2.02. The van der Waals surface area contributed by atoms with Crippen LogP contribution in [0.15, 0.2) is 30.3 Å². The molecule has 1 heterocycles. The molecule has 4 nitrogen and oxygen atoms in total. The van der Waals surface area contributed by atoms with Crippen molar-refractivity contribution in [1.29, 1.82) is 0 Å². The van der Waals surface area contributed by atoms with Crippen LogP contribution in [0.3, 0.4) is 0 Å². The molecular formula is C13H14ClN3O. The minimum absolute atomic E-state index is 0.0292. The molecule has 2 aromatic rings. The first-order valence-electron chi connectivity index (χ1n) is 5.61. The number of aliphatic hydroxyl groups excluding tert-OH is 1. The Bertz CT molecular complexity index is 525. The highest BCUT2D eigenvalue weighted by Crippen LogP contribution is 2.14. The van der Waals surface area contributed by atoms with Gasteiger partial charge in [-0.3, -0.25) is 0 Å². The molecule has 18 heavy (non-hydrogen) atoms. The quantitative estimate of drug-likeness (QED) is 0.833. The summed E-state index contributed by atoms with van der Waals surface area (Å²) in [5, 5.41) is 12.8. The van der Waals surface area contributed by atoms with Crippen molar-refractivity contribution in [3.63, 3.8) is 0 Å². The Labute approximate surface area is 111 Å². The van der Waals surface area contributed by atoms with Crippen molar-refractivity contribution in [3.05, 3.63) is 52.4 Å². The topological polar surface area (TPSA) is 58.0 Å². The highest BCUT2D eigenvalue weighted by molar-refractivity contribution is 6.29. The largest absolute Gasteiger partial charge is 0.392 e. The number of aromatic nitrogens is 2. The number of halogens is 1. The monoisotopic (exact) mass is 263 g/mol. The lowest BCUT2D eigenvalue weighted by molar-refractivity contribution is 0.280. The van der Waals surface area contributed by atoms with Crippen LogP contribution in [0.1, 0.15) is 17.0 Å². The Morgan fingerprint density at radius 3 is 2.61 bits per heavy atom. The molecule has 0 aliphatic rings. The van der Waals surface area contributed by atoms with Crippen LogP contribution in [0.5, 0.6) is 0 Å². The van der Waals surface area contributed by atoms with Crippen molar-refractivity contribution in [1.82, 2.24) is 9.97 Å². The molecule has 0 spiro atoms. The van der Waals surface area contributed by atoms with Crippen LogP contribution in [0.2, 0.25) is 5.15 Å². The van der Waals surface area contributed by atoms with E-state index in [0.29, 0.717) is 23.3 Å². The van der Waals surface area contributed by atoms with Gasteiger partial charge in [-0.1, -0.05) is 35.9 Å². The van der Waals surface area contributed by atoms with Crippen molar-refractivity contribution in [2.24, 2.45) is 0 Å². The van der Waals surface area contributed by atoms with Crippen LogP contribution in [0.4, 0.5) is 5.82 Å². The van der Waals surface area contributed by atoms with Crippen LogP contribution in [0.25, 0.3) is 0 Å². The second-order valence-corrected chi connectivity index (χ2v) is 4.29. The maximum absolute atomic E-state index is 9.23. The number of nitrogens with zero attached hydrogens (tertiary/aromatic N) is 2. The molecule has 0 saturated heterocycles. The Morgan fingerprint density at radius 2 is 1.94 bits per heavy atom. The zero-order valence-corrected chi connectivity index (χ0v) is 10.8. The summed E-state index contributed by atoms with van der Waals surface area (Å²) in [5.41, 5.74) is 1.94. The van der Waals surface area contributed by atoms with Gasteiger partial charge in [-0.05, 0) is 18.1 Å². The van der Waals surface area contributed by atoms with Gasteiger partial charge in [0.2, 0.25) is 0 Å². The van der Waals surface area contributed by atoms with Crippen LogP contribution in [0, 0.1) is 6.92 Å². The standard InChI is InChI=1S/C13H14ClN3O/c1-9-16-12(14)6-13(17-9)15-7-10-4-2-3-5-11(10)8-18/h2-6,18H,7-8H2,1H3,(H,15,16,17). The van der Waals surface area contributed by atoms with Gasteiger partial charge in [-0.25, -0.2) is 9.97 Å². The summed E-state index contributed by atoms with van der Waals surface area (Å²) in [4.78, 5) is 8.23. The zero-order valence-electron chi connectivity index (χ0n) is 10.0. The van der Waals surface area contributed by atoms with E-state index in [1.807, 2.05) is 24.3 Å². The first kappa shape index (κ1) is 12.8. The number of aliphatic hydroxyl groups is 1. The molecule has 0 amide bonds. The van der Waals surface area contributed by atoms with E-state index in [4.69, 9.17) is 11.6 Å². The highest BCUT2D eigenvalue weighted by atomic mass is 35.5. The summed E-state index contributed by atoms with van der Waals surface area (Å²) in [5.74, 6) is 1.31. The third kappa shape index (κ3) is 3.18. The van der Waals surface area contributed by atoms with Crippen LogP contribution < -0.4 is 5.32 Å². The van der Waals surface area contributed by atoms with Gasteiger partial charge in [0.05, 0.1) is 6.61 Å². The van der Waals surface area contributed by atoms with Gasteiger partial charge in [0.25, 0.3) is 0 Å². The molecule has 2 N–H and O–H groups in total. The van der Waals surface area contributed by atoms with Crippen molar-refractivity contribution in [3.8, 4) is 0 Å². The SMILES string of the molecule is Cc1nc(Cl)cc(NCc2ccccc2CO)n1. The molecule has 1 aromatic heterocycles. The third-order valence-corrected chi connectivity index (χ3v) is 2.75. The van der Waals surface area contributed by atoms with Crippen molar-refractivity contribution in [2.75, 3.05) is 5.32 Å². The van der Waals surface area contributed by atoms with E-state index in [2.05, 4.69) is 15.3 Å². The number of rotatable bonds is 4. The number of anilines is 1. The van der Waals surface area contributed by atoms with E-state index >= 15 is 0 Å². The maximum atomic E-state index is 9.23. The normalized spacial score (nSPS) is 10.4. The van der Waals surface area contributed by atoms with Crippen molar-refractivity contribution < 1.29 is 5.11 Å². The van der Waals surface area contributed by atoms with Gasteiger partial charge in [0.1, 0.15) is 16.8 Å². The molecule has 0 fully saturated rings. The lowest BCUT2D eigenvalue weighted by Gasteiger charge is -2.09. The summed E-state index contributed by atoms with van der Waals surface area (Å²) in [6, 6.07) is 9.38. The molecule has 1 aromatic carbocycles. The molecule has 0 aliphatic carbocycles. The lowest BCUT2D eigenvalue weighted by Crippen LogP contribution is -2.05. The first-order chi connectivity index (χ1) is 8.69. The fourth-order valence-electron chi connectivity index (χ4n) is 1.69. The number of benzene rings is 1. The van der Waals surface area contributed by atoms with Crippen molar-refractivity contribution >= 4 is 17.4 Å². The molecular weight excluding hydrogens is 250 g/mol. The fraction of sp³-hybridized carbons (Fsp3) is 0.231. The van der Waals surface area contributed by atoms with Gasteiger partial charge in [-0.15, -0.1) is 0 Å². The Kier molecular flexibility index (Phi) is 4.12. The van der Waals surface area contributed by atoms with Gasteiger partial charge in [-0.2, -0.15) is 0 Å². The van der Waals surface area contributed by atoms with Gasteiger partial charge >= 0.3 is 0 Å². The predicted octanol–water partition coefficient (Wildman–Crippen LogP) is 2.54. The second-order valence-electron chi connectivity index (χ2n) is 3.90. The molecule has 2 rings (SSSR count). The summed E-state index contributed by atoms with van der Waals surface area (Å²) in [6.07, 6.45) is 0. The molecule has 0 atom stereocenters. The lowest BCUT2D eigenvalue weighted by atomic mass is 10.1. The summed E-state index contributed by atoms with van der Waals surface area (Å²) in [7, 11) is 0. The minimum atomic E-state index is 0.0292. The van der Waals surface area contributed by atoms with Crippen LogP contribution in [-0.2, 0) is 13.2 Å². The zero-order chi connectivity index (χ0) is 13.0. The molecule has 0 aliphatic heterocycles. The summed E-state index contributed by atoms with van der Waals surface area (Å²) in [6.45, 7) is 2.41. The number of aryl methyl sites for hydroxylation is 1. The van der Waals surface area contributed by atoms with Crippen molar-refractivity contribution in [2.45, 2.75) is 20.1 Å². The van der Waals surface area contributed by atoms with E-state index < -0.39 is 0 Å². The van der Waals surface area contributed by atoms with E-state index in [1.54, 1.807) is 13.0 Å². The summed E-state index contributed by atoms with van der Waals surface area (Å²) < 4.78 is 0. The van der Waals surface area contributed by atoms with E-state index in [0.717, 1.165) is 11.1 Å². The minimum Gasteiger partial charge on any atom is -0.392 e. The number of nitrogens with one attached hydrogen (secondary N) is 1. The maximum Gasteiger partial charge on any atom is 0.134 e. The third-order valence-electron chi connectivity index (χ3n) is 2.56. The van der Waals surface area contributed by atoms with Crippen LogP contribution >= 0.6 is 11.6 Å². The average molecular weight is 264 g/mol. The number of hydrogen-bond acceptors (Lipinski definition) is 4. The fourth-order valence-corrected chi connectivity index (χ4v) is 1.92. The molecule has 5 heteroatoms. The Morgan fingerprint density at radius 1 is 1.22 bits per heavy atom. The Hall–Kier alpha value is -1.65. The molecule has 94 valence electrons. The van der Waals surface area contributed by atoms with E-state index in [-0.39, 0.29) is 6.61 Å². The second kappa shape index (κ2) is 5.80. The van der Waals surface area contributed by atoms with E-state index in [1.165, 1.54) is 0 Å². The molecule has 0 unspecified atom stereocenters. The predicted molar refractivity (Wildman–Crippen MR) is 71.5 cm³/mol. The van der Waals surface area contributed by atoms with Gasteiger partial charge in [0.15, 0.2) is 0 Å². The number of hydrogen-bond donors (Lipinski definition) is 2. The summed E-state index contributed by atoms with van der Waals surface area (Å²) >= 11 is 5.86. The Balaban J connectivity index is 2.11. The van der Waals surface area contributed by atoms with Gasteiger partial charge in [0, 0.05) is 12.6 Å². The van der Waals surface area contributed by atoms with E-state index in [9.17, 15) is 5.11 Å².